The van der Waals surface area contributed by atoms with E-state index in [-0.39, 0.29) is 0 Å². The van der Waals surface area contributed by atoms with E-state index >= 15 is 0 Å². The molecule has 1 aromatic carbocycles. The molecule has 1 aliphatic heterocycles. The van der Waals surface area contributed by atoms with Gasteiger partial charge in [0.1, 0.15) is 0 Å². The summed E-state index contributed by atoms with van der Waals surface area (Å²) in [5.74, 6) is 0. The molecule has 0 aromatic heterocycles. The molecule has 1 radical (unpaired) electrons. The average Bonchev–Trinajstić information content (AvgIpc) is 2.64. The number of allylic oxidation sites excluding steroid dienone is 2. The molecular weight excluding hydrogens is 158 g/mol. The van der Waals surface area contributed by atoms with Crippen LogP contribution in [0.1, 0.15) is 11.1 Å². The van der Waals surface area contributed by atoms with Gasteiger partial charge < -0.3 is 5.32 Å². The Morgan fingerprint density at radius 3 is 3.23 bits per heavy atom. The number of hydrogen-bond acceptors (Lipinski definition) is 1. The maximum atomic E-state index is 3.44. The third-order valence-electron chi connectivity index (χ3n) is 2.61. The molecular formula is C12H10N. The fourth-order valence-electron chi connectivity index (χ4n) is 1.96. The molecule has 1 nitrogen and oxygen atoms in total. The highest BCUT2D eigenvalue weighted by Gasteiger charge is 2.25. The van der Waals surface area contributed by atoms with Crippen molar-refractivity contribution < 1.29 is 0 Å². The van der Waals surface area contributed by atoms with Gasteiger partial charge in [0, 0.05) is 11.3 Å². The minimum absolute atomic E-state index is 0.396. The van der Waals surface area contributed by atoms with E-state index in [4.69, 9.17) is 0 Å². The predicted octanol–water partition coefficient (Wildman–Crippen LogP) is 2.54. The normalized spacial score (nSPS) is 22.2. The number of rotatable bonds is 0. The lowest BCUT2D eigenvalue weighted by atomic mass is 10.0. The Morgan fingerprint density at radius 2 is 2.31 bits per heavy atom. The molecule has 1 heteroatoms. The van der Waals surface area contributed by atoms with Gasteiger partial charge in [0.15, 0.2) is 0 Å². The smallest absolute Gasteiger partial charge is 0.0708 e. The zero-order valence-electron chi connectivity index (χ0n) is 7.46. The van der Waals surface area contributed by atoms with Gasteiger partial charge in [0.25, 0.3) is 0 Å². The van der Waals surface area contributed by atoms with Gasteiger partial charge in [-0.1, -0.05) is 24.3 Å². The topological polar surface area (TPSA) is 12.0 Å². The SMILES string of the molecule is Cc1[c]c2c(cc1)NC1C=CC=C21. The van der Waals surface area contributed by atoms with Crippen molar-refractivity contribution in [2.75, 3.05) is 5.32 Å². The van der Waals surface area contributed by atoms with Crippen LogP contribution in [0.3, 0.4) is 0 Å². The zero-order valence-corrected chi connectivity index (χ0v) is 7.46. The average molecular weight is 168 g/mol. The van der Waals surface area contributed by atoms with E-state index in [0.717, 1.165) is 0 Å². The Morgan fingerprint density at radius 1 is 1.38 bits per heavy atom. The van der Waals surface area contributed by atoms with Gasteiger partial charge in [-0.15, -0.1) is 0 Å². The van der Waals surface area contributed by atoms with Crippen molar-refractivity contribution in [3.8, 4) is 0 Å². The van der Waals surface area contributed by atoms with Crippen LogP contribution in [-0.4, -0.2) is 6.04 Å². The van der Waals surface area contributed by atoms with Crippen LogP contribution in [0, 0.1) is 13.0 Å². The molecule has 1 heterocycles. The monoisotopic (exact) mass is 168 g/mol. The Balaban J connectivity index is 2.21. The fraction of sp³-hybridized carbons (Fsp3) is 0.167. The van der Waals surface area contributed by atoms with E-state index < -0.39 is 0 Å². The highest BCUT2D eigenvalue weighted by molar-refractivity contribution is 5.90. The third kappa shape index (κ3) is 0.872. The van der Waals surface area contributed by atoms with E-state index in [2.05, 4.69) is 48.7 Å². The lowest BCUT2D eigenvalue weighted by Crippen LogP contribution is -2.07. The number of benzene rings is 1. The van der Waals surface area contributed by atoms with Gasteiger partial charge in [0.05, 0.1) is 6.04 Å². The summed E-state index contributed by atoms with van der Waals surface area (Å²) >= 11 is 0. The van der Waals surface area contributed by atoms with Crippen molar-refractivity contribution in [1.29, 1.82) is 0 Å². The first-order chi connectivity index (χ1) is 6.34. The van der Waals surface area contributed by atoms with Crippen molar-refractivity contribution in [1.82, 2.24) is 0 Å². The van der Waals surface area contributed by atoms with Crippen LogP contribution in [-0.2, 0) is 0 Å². The molecule has 0 saturated carbocycles. The largest absolute Gasteiger partial charge is 0.374 e. The first-order valence-corrected chi connectivity index (χ1v) is 4.53. The highest BCUT2D eigenvalue weighted by Crippen LogP contribution is 2.38. The zero-order chi connectivity index (χ0) is 8.84. The molecule has 0 spiro atoms. The summed E-state index contributed by atoms with van der Waals surface area (Å²) in [6.45, 7) is 2.08. The fourth-order valence-corrected chi connectivity index (χ4v) is 1.96. The van der Waals surface area contributed by atoms with Gasteiger partial charge in [-0.3, -0.25) is 0 Å². The molecule has 1 aliphatic carbocycles. The van der Waals surface area contributed by atoms with Crippen LogP contribution in [0.15, 0.2) is 30.4 Å². The summed E-state index contributed by atoms with van der Waals surface area (Å²) < 4.78 is 0. The molecule has 1 atom stereocenters. The molecule has 1 aromatic rings. The summed E-state index contributed by atoms with van der Waals surface area (Å²) in [6.07, 6.45) is 6.45. The van der Waals surface area contributed by atoms with Crippen LogP contribution in [0.2, 0.25) is 0 Å². The van der Waals surface area contributed by atoms with E-state index in [1.165, 1.54) is 22.4 Å². The highest BCUT2D eigenvalue weighted by atomic mass is 15.0. The maximum absolute atomic E-state index is 3.44. The summed E-state index contributed by atoms with van der Waals surface area (Å²) in [7, 11) is 0. The molecule has 13 heavy (non-hydrogen) atoms. The number of anilines is 1. The molecule has 3 rings (SSSR count). The van der Waals surface area contributed by atoms with E-state index in [1.807, 2.05) is 0 Å². The number of fused-ring (bicyclic) bond motifs is 3. The lowest BCUT2D eigenvalue weighted by molar-refractivity contribution is 1.20. The summed E-state index contributed by atoms with van der Waals surface area (Å²) in [5.41, 5.74) is 5.02. The van der Waals surface area contributed by atoms with Gasteiger partial charge >= 0.3 is 0 Å². The van der Waals surface area contributed by atoms with E-state index in [0.29, 0.717) is 6.04 Å². The van der Waals surface area contributed by atoms with E-state index in [1.54, 1.807) is 0 Å². The molecule has 0 saturated heterocycles. The van der Waals surface area contributed by atoms with Crippen molar-refractivity contribution in [2.24, 2.45) is 0 Å². The summed E-state index contributed by atoms with van der Waals surface area (Å²) in [6, 6.07) is 8.01. The van der Waals surface area contributed by atoms with Crippen molar-refractivity contribution in [3.63, 3.8) is 0 Å². The van der Waals surface area contributed by atoms with Crippen LogP contribution in [0.25, 0.3) is 5.57 Å². The van der Waals surface area contributed by atoms with Gasteiger partial charge in [-0.05, 0) is 30.2 Å². The second-order valence-electron chi connectivity index (χ2n) is 3.56. The van der Waals surface area contributed by atoms with Gasteiger partial charge in [0.2, 0.25) is 0 Å². The quantitative estimate of drug-likeness (QED) is 0.627. The van der Waals surface area contributed by atoms with Crippen LogP contribution >= 0.6 is 0 Å². The van der Waals surface area contributed by atoms with Gasteiger partial charge in [-0.2, -0.15) is 0 Å². The van der Waals surface area contributed by atoms with Crippen molar-refractivity contribution >= 4 is 11.3 Å². The minimum atomic E-state index is 0.396. The molecule has 0 fully saturated rings. The Kier molecular flexibility index (Phi) is 1.21. The summed E-state index contributed by atoms with van der Waals surface area (Å²) in [5, 5.41) is 3.44. The maximum Gasteiger partial charge on any atom is 0.0708 e. The standard InChI is InChI=1S/C12H10N/c1-8-5-6-12-10(7-8)9-3-2-4-11(9)13-12/h2-6,11,13H,1H3. The van der Waals surface area contributed by atoms with Crippen LogP contribution in [0.5, 0.6) is 0 Å². The predicted molar refractivity (Wildman–Crippen MR) is 54.5 cm³/mol. The number of aryl methyl sites for hydroxylation is 1. The molecule has 2 aliphatic rings. The van der Waals surface area contributed by atoms with Crippen LogP contribution < -0.4 is 5.32 Å². The number of nitrogens with one attached hydrogen (secondary N) is 1. The number of hydrogen-bond donors (Lipinski definition) is 1. The second-order valence-corrected chi connectivity index (χ2v) is 3.56. The van der Waals surface area contributed by atoms with E-state index in [9.17, 15) is 0 Å². The Labute approximate surface area is 77.8 Å². The molecule has 0 bridgehead atoms. The minimum Gasteiger partial charge on any atom is -0.374 e. The second kappa shape index (κ2) is 2.25. The first-order valence-electron chi connectivity index (χ1n) is 4.53. The Bertz CT molecular complexity index is 427. The lowest BCUT2D eigenvalue weighted by Gasteiger charge is -2.01. The molecule has 63 valence electrons. The Hall–Kier alpha value is -1.50. The van der Waals surface area contributed by atoms with Gasteiger partial charge in [-0.25, -0.2) is 0 Å². The molecule has 1 unspecified atom stereocenters. The molecule has 0 amide bonds. The first kappa shape index (κ1) is 6.96. The third-order valence-corrected chi connectivity index (χ3v) is 2.61. The molecule has 1 N–H and O–H groups in total. The van der Waals surface area contributed by atoms with Crippen LogP contribution in [0.4, 0.5) is 5.69 Å². The van der Waals surface area contributed by atoms with Crippen molar-refractivity contribution in [3.05, 3.63) is 47.6 Å². The summed E-state index contributed by atoms with van der Waals surface area (Å²) in [4.78, 5) is 0. The van der Waals surface area contributed by atoms with Crippen molar-refractivity contribution in [2.45, 2.75) is 13.0 Å².